The molecule has 2 aromatic rings. The predicted octanol–water partition coefficient (Wildman–Crippen LogP) is 3.53. The van der Waals surface area contributed by atoms with Gasteiger partial charge in [0.25, 0.3) is 0 Å². The first-order chi connectivity index (χ1) is 6.25. The number of hydrogen-bond donors (Lipinski definition) is 1. The average molecular weight is 285 g/mol. The molecule has 0 amide bonds. The fourth-order valence-corrected chi connectivity index (χ4v) is 2.06. The average Bonchev–Trinajstić information content (AvgIpc) is 2.49. The lowest BCUT2D eigenvalue weighted by molar-refractivity contribution is 0.979. The van der Waals surface area contributed by atoms with Gasteiger partial charge in [-0.2, -0.15) is 0 Å². The van der Waals surface area contributed by atoms with Gasteiger partial charge in [-0.15, -0.1) is 0 Å². The number of rotatable bonds is 2. The van der Waals surface area contributed by atoms with Gasteiger partial charge in [0.1, 0.15) is 0 Å². The van der Waals surface area contributed by atoms with Gasteiger partial charge in [0, 0.05) is 15.6 Å². The van der Waals surface area contributed by atoms with Gasteiger partial charge in [0.2, 0.25) is 0 Å². The van der Waals surface area contributed by atoms with Crippen molar-refractivity contribution in [2.45, 2.75) is 17.3 Å². The molecule has 13 heavy (non-hydrogen) atoms. The van der Waals surface area contributed by atoms with Crippen LogP contribution in [0.5, 0.6) is 0 Å². The normalized spacial score (nSPS) is 13.4. The maximum atomic E-state index is 3.20. The van der Waals surface area contributed by atoms with Crippen LogP contribution in [-0.2, 0) is 6.42 Å². The molecule has 1 aromatic carbocycles. The van der Waals surface area contributed by atoms with E-state index in [9.17, 15) is 0 Å². The molecule has 0 saturated heterocycles. The first-order valence-corrected chi connectivity index (χ1v) is 5.70. The molecule has 1 nitrogen and oxygen atoms in total. The molecule has 1 heterocycles. The van der Waals surface area contributed by atoms with Crippen LogP contribution >= 0.6 is 22.6 Å². The highest BCUT2D eigenvalue weighted by molar-refractivity contribution is 14.1. The van der Waals surface area contributed by atoms with Crippen molar-refractivity contribution < 1.29 is 0 Å². The van der Waals surface area contributed by atoms with Crippen LogP contribution in [0.15, 0.2) is 30.5 Å². The first-order valence-electron chi connectivity index (χ1n) is 4.46. The van der Waals surface area contributed by atoms with E-state index in [-0.39, 0.29) is 0 Å². The molecular weight excluding hydrogens is 273 g/mol. The molecule has 0 bridgehead atoms. The Morgan fingerprint density at radius 3 is 3.00 bits per heavy atom. The summed E-state index contributed by atoms with van der Waals surface area (Å²) >= 11 is 2.46. The predicted molar refractivity (Wildman–Crippen MR) is 65.5 cm³/mol. The second kappa shape index (κ2) is 3.70. The number of nitrogens with one attached hydrogen (secondary N) is 1. The maximum absolute atomic E-state index is 3.20. The van der Waals surface area contributed by atoms with Crippen molar-refractivity contribution >= 4 is 33.5 Å². The Morgan fingerprint density at radius 2 is 2.23 bits per heavy atom. The number of halogens is 1. The molecule has 0 aliphatic carbocycles. The molecule has 0 saturated carbocycles. The Kier molecular flexibility index (Phi) is 2.58. The summed E-state index contributed by atoms with van der Waals surface area (Å²) in [4.78, 5) is 3.20. The molecule has 1 N–H and O–H groups in total. The van der Waals surface area contributed by atoms with E-state index in [4.69, 9.17) is 0 Å². The van der Waals surface area contributed by atoms with Gasteiger partial charge >= 0.3 is 0 Å². The Morgan fingerprint density at radius 1 is 1.38 bits per heavy atom. The van der Waals surface area contributed by atoms with E-state index in [0.29, 0.717) is 3.92 Å². The quantitative estimate of drug-likeness (QED) is 0.641. The highest BCUT2D eigenvalue weighted by Crippen LogP contribution is 2.17. The summed E-state index contributed by atoms with van der Waals surface area (Å²) in [5, 5.41) is 1.31. The van der Waals surface area contributed by atoms with Crippen LogP contribution in [0, 0.1) is 0 Å². The highest BCUT2D eigenvalue weighted by Gasteiger charge is 2.00. The summed E-state index contributed by atoms with van der Waals surface area (Å²) in [6.45, 7) is 2.24. The van der Waals surface area contributed by atoms with Crippen molar-refractivity contribution in [3.05, 3.63) is 36.0 Å². The van der Waals surface area contributed by atoms with Crippen LogP contribution in [0.2, 0.25) is 0 Å². The van der Waals surface area contributed by atoms with Gasteiger partial charge in [0.05, 0.1) is 0 Å². The molecule has 1 unspecified atom stereocenters. The highest BCUT2D eigenvalue weighted by atomic mass is 127. The van der Waals surface area contributed by atoms with Crippen molar-refractivity contribution in [2.24, 2.45) is 0 Å². The van der Waals surface area contributed by atoms with E-state index in [2.05, 4.69) is 58.8 Å². The third kappa shape index (κ3) is 2.05. The zero-order valence-corrected chi connectivity index (χ0v) is 9.71. The van der Waals surface area contributed by atoms with Gasteiger partial charge in [-0.3, -0.25) is 0 Å². The smallest absolute Gasteiger partial charge is 0.0454 e. The second-order valence-corrected chi connectivity index (χ2v) is 5.51. The van der Waals surface area contributed by atoms with Crippen molar-refractivity contribution in [1.82, 2.24) is 4.98 Å². The number of H-pyrrole nitrogens is 1. The fourth-order valence-electron chi connectivity index (χ4n) is 1.55. The van der Waals surface area contributed by atoms with Crippen molar-refractivity contribution in [3.63, 3.8) is 0 Å². The molecule has 0 radical (unpaired) electrons. The van der Waals surface area contributed by atoms with Crippen molar-refractivity contribution in [1.29, 1.82) is 0 Å². The van der Waals surface area contributed by atoms with E-state index in [1.165, 1.54) is 16.5 Å². The number of fused-ring (bicyclic) bond motifs is 1. The Bertz CT molecular complexity index is 403. The number of benzene rings is 1. The standard InChI is InChI=1S/C11H12IN/c1-8(12)6-9-2-3-11-10(7-9)4-5-13-11/h2-5,7-8,13H,6H2,1H3. The molecular formula is C11H12IN. The molecule has 68 valence electrons. The number of aromatic nitrogens is 1. The van der Waals surface area contributed by atoms with E-state index in [0.717, 1.165) is 6.42 Å². The van der Waals surface area contributed by atoms with Crippen LogP contribution in [0.4, 0.5) is 0 Å². The maximum Gasteiger partial charge on any atom is 0.0454 e. The third-order valence-electron chi connectivity index (χ3n) is 2.13. The molecule has 1 aromatic heterocycles. The summed E-state index contributed by atoms with van der Waals surface area (Å²) in [5.74, 6) is 0. The Hall–Kier alpha value is -0.510. The summed E-state index contributed by atoms with van der Waals surface area (Å²) < 4.78 is 0.703. The van der Waals surface area contributed by atoms with Gasteiger partial charge < -0.3 is 4.98 Å². The lowest BCUT2D eigenvalue weighted by Crippen LogP contribution is -1.95. The summed E-state index contributed by atoms with van der Waals surface area (Å²) in [6.07, 6.45) is 3.14. The minimum Gasteiger partial charge on any atom is -0.361 e. The van der Waals surface area contributed by atoms with Crippen LogP contribution in [-0.4, -0.2) is 8.91 Å². The zero-order valence-electron chi connectivity index (χ0n) is 7.55. The van der Waals surface area contributed by atoms with Gasteiger partial charge in [-0.25, -0.2) is 0 Å². The third-order valence-corrected chi connectivity index (χ3v) is 2.58. The Balaban J connectivity index is 2.37. The van der Waals surface area contributed by atoms with Crippen LogP contribution in [0.1, 0.15) is 12.5 Å². The van der Waals surface area contributed by atoms with E-state index in [1.807, 2.05) is 6.20 Å². The topological polar surface area (TPSA) is 15.8 Å². The minimum atomic E-state index is 0.703. The van der Waals surface area contributed by atoms with E-state index < -0.39 is 0 Å². The molecule has 0 fully saturated rings. The van der Waals surface area contributed by atoms with Crippen molar-refractivity contribution in [2.75, 3.05) is 0 Å². The monoisotopic (exact) mass is 285 g/mol. The Labute approximate surface area is 91.7 Å². The van der Waals surface area contributed by atoms with E-state index in [1.54, 1.807) is 0 Å². The summed E-state index contributed by atoms with van der Waals surface area (Å²) in [6, 6.07) is 8.75. The summed E-state index contributed by atoms with van der Waals surface area (Å²) in [7, 11) is 0. The minimum absolute atomic E-state index is 0.703. The largest absolute Gasteiger partial charge is 0.361 e. The molecule has 2 heteroatoms. The molecule has 0 aliphatic heterocycles. The van der Waals surface area contributed by atoms with Gasteiger partial charge in [-0.05, 0) is 35.6 Å². The number of alkyl halides is 1. The van der Waals surface area contributed by atoms with Crippen LogP contribution < -0.4 is 0 Å². The van der Waals surface area contributed by atoms with Gasteiger partial charge in [-0.1, -0.05) is 35.6 Å². The molecule has 0 aliphatic rings. The summed E-state index contributed by atoms with van der Waals surface area (Å²) in [5.41, 5.74) is 2.65. The van der Waals surface area contributed by atoms with Crippen LogP contribution in [0.3, 0.4) is 0 Å². The lowest BCUT2D eigenvalue weighted by atomic mass is 10.1. The SMILES string of the molecule is CC(I)Cc1ccc2[nH]ccc2c1. The zero-order chi connectivity index (χ0) is 9.26. The molecule has 2 rings (SSSR count). The number of hydrogen-bond acceptors (Lipinski definition) is 0. The lowest BCUT2D eigenvalue weighted by Gasteiger charge is -2.03. The first kappa shape index (κ1) is 9.06. The second-order valence-electron chi connectivity index (χ2n) is 3.38. The fraction of sp³-hybridized carbons (Fsp3) is 0.273. The van der Waals surface area contributed by atoms with Gasteiger partial charge in [0.15, 0.2) is 0 Å². The van der Waals surface area contributed by atoms with E-state index >= 15 is 0 Å². The van der Waals surface area contributed by atoms with Crippen molar-refractivity contribution in [3.8, 4) is 0 Å². The van der Waals surface area contributed by atoms with Crippen LogP contribution in [0.25, 0.3) is 10.9 Å². The molecule has 1 atom stereocenters. The molecule has 0 spiro atoms. The number of aromatic amines is 1.